The molecule has 0 bridgehead atoms. The summed E-state index contributed by atoms with van der Waals surface area (Å²) in [5.74, 6) is -2.30. The van der Waals surface area contributed by atoms with Gasteiger partial charge < -0.3 is 29.4 Å². The van der Waals surface area contributed by atoms with Gasteiger partial charge in [0.25, 0.3) is 0 Å². The smallest absolute Gasteiger partial charge is 0.313 e. The highest BCUT2D eigenvalue weighted by molar-refractivity contribution is 5.78. The zero-order valence-corrected chi connectivity index (χ0v) is 23.8. The lowest BCUT2D eigenvalue weighted by Gasteiger charge is -2.30. The maximum atomic E-state index is 12.9. The van der Waals surface area contributed by atoms with E-state index in [0.29, 0.717) is 0 Å². The van der Waals surface area contributed by atoms with Gasteiger partial charge in [0.2, 0.25) is 12.4 Å². The van der Waals surface area contributed by atoms with Gasteiger partial charge in [-0.1, -0.05) is 0 Å². The predicted molar refractivity (Wildman–Crippen MR) is 131 cm³/mol. The van der Waals surface area contributed by atoms with Crippen LogP contribution in [-0.2, 0) is 42.9 Å². The van der Waals surface area contributed by atoms with E-state index < -0.39 is 76.2 Å². The van der Waals surface area contributed by atoms with Gasteiger partial charge in [0.05, 0.1) is 27.7 Å². The molecule has 1 heterocycles. The fourth-order valence-corrected chi connectivity index (χ4v) is 2.71. The summed E-state index contributed by atoms with van der Waals surface area (Å²) >= 11 is 0. The minimum absolute atomic E-state index is 0.260. The molecule has 0 aromatic rings. The van der Waals surface area contributed by atoms with E-state index in [2.05, 4.69) is 0 Å². The Kier molecular flexibility index (Phi) is 9.77. The first-order chi connectivity index (χ1) is 16.0. The van der Waals surface area contributed by atoms with E-state index in [-0.39, 0.29) is 6.61 Å². The van der Waals surface area contributed by atoms with Crippen molar-refractivity contribution in [3.63, 3.8) is 0 Å². The van der Waals surface area contributed by atoms with Gasteiger partial charge in [0.15, 0.2) is 6.10 Å². The van der Waals surface area contributed by atoms with Gasteiger partial charge in [0, 0.05) is 0 Å². The molecule has 1 saturated heterocycles. The molecule has 0 radical (unpaired) electrons. The van der Waals surface area contributed by atoms with Crippen LogP contribution >= 0.6 is 0 Å². The third-order valence-corrected chi connectivity index (χ3v) is 5.19. The number of carbonyl (C=O) groups excluding carboxylic acids is 4. The highest BCUT2D eigenvalue weighted by Crippen LogP contribution is 2.34. The van der Waals surface area contributed by atoms with Crippen LogP contribution in [0.5, 0.6) is 0 Å². The van der Waals surface area contributed by atoms with Crippen LogP contribution in [0.4, 0.5) is 0 Å². The molecule has 1 aliphatic rings. The monoisotopic (exact) mass is 515 g/mol. The molecule has 0 amide bonds. The molecule has 208 valence electrons. The van der Waals surface area contributed by atoms with Crippen LogP contribution in [0.25, 0.3) is 0 Å². The topological polar surface area (TPSA) is 140 Å². The molecule has 0 aliphatic carbocycles. The molecule has 10 nitrogen and oxygen atoms in total. The van der Waals surface area contributed by atoms with Crippen molar-refractivity contribution in [2.24, 2.45) is 27.4 Å². The van der Waals surface area contributed by atoms with Gasteiger partial charge in [0.1, 0.15) is 12.7 Å². The lowest BCUT2D eigenvalue weighted by atomic mass is 9.95. The zero-order chi connectivity index (χ0) is 28.4. The third-order valence-electron chi connectivity index (χ3n) is 5.19. The van der Waals surface area contributed by atoms with Gasteiger partial charge in [-0.15, -0.1) is 0 Å². The predicted octanol–water partition coefficient (Wildman–Crippen LogP) is 3.13. The van der Waals surface area contributed by atoms with Crippen molar-refractivity contribution in [2.75, 3.05) is 6.61 Å². The first kappa shape index (κ1) is 31.8. The molecule has 0 aromatic carbocycles. The Hall–Kier alpha value is -2.20. The summed E-state index contributed by atoms with van der Waals surface area (Å²) in [6, 6.07) is -0.983. The maximum absolute atomic E-state index is 12.9. The number of hydrogen-bond acceptors (Lipinski definition) is 10. The fraction of sp³-hybridized carbons (Fsp3) is 0.846. The summed E-state index contributed by atoms with van der Waals surface area (Å²) in [7, 11) is 0. The second kappa shape index (κ2) is 11.0. The first-order valence-corrected chi connectivity index (χ1v) is 12.2. The molecule has 2 N–H and O–H groups in total. The van der Waals surface area contributed by atoms with Crippen molar-refractivity contribution >= 4 is 23.9 Å². The first-order valence-electron chi connectivity index (χ1n) is 12.2. The molecule has 10 heteroatoms. The fourth-order valence-electron chi connectivity index (χ4n) is 2.71. The highest BCUT2D eigenvalue weighted by Gasteiger charge is 2.55. The van der Waals surface area contributed by atoms with Crippen LogP contribution in [0, 0.1) is 21.7 Å². The molecule has 0 unspecified atom stereocenters. The molecule has 1 aliphatic heterocycles. The Bertz CT molecular complexity index is 824. The minimum atomic E-state index is -1.39. The molecule has 36 heavy (non-hydrogen) atoms. The minimum Gasteiger partial charge on any atom is -0.464 e. The van der Waals surface area contributed by atoms with Gasteiger partial charge in [-0.3, -0.25) is 19.2 Å². The zero-order valence-electron chi connectivity index (χ0n) is 23.8. The van der Waals surface area contributed by atoms with Crippen molar-refractivity contribution in [2.45, 2.75) is 114 Å². The highest BCUT2D eigenvalue weighted by atomic mass is 16.7. The van der Waals surface area contributed by atoms with E-state index in [4.69, 9.17) is 29.4 Å². The van der Waals surface area contributed by atoms with E-state index in [1.165, 1.54) is 0 Å². The van der Waals surface area contributed by atoms with Gasteiger partial charge >= 0.3 is 23.9 Å². The van der Waals surface area contributed by atoms with Gasteiger partial charge in [-0.05, 0) is 83.1 Å². The Morgan fingerprint density at radius 2 is 1.00 bits per heavy atom. The van der Waals surface area contributed by atoms with Crippen molar-refractivity contribution < 1.29 is 42.9 Å². The Labute approximate surface area is 214 Å². The Morgan fingerprint density at radius 1 is 0.639 bits per heavy atom. The van der Waals surface area contributed by atoms with Crippen LogP contribution in [0.2, 0.25) is 0 Å². The average Bonchev–Trinajstić information content (AvgIpc) is 2.99. The van der Waals surface area contributed by atoms with Crippen LogP contribution < -0.4 is 5.73 Å². The molecule has 1 rings (SSSR count). The van der Waals surface area contributed by atoms with E-state index in [9.17, 15) is 19.2 Å². The number of esters is 4. The summed E-state index contributed by atoms with van der Waals surface area (Å²) in [5, 5.41) is 0. The van der Waals surface area contributed by atoms with Gasteiger partial charge in [-0.25, -0.2) is 0 Å². The Balaban J connectivity index is 3.39. The average molecular weight is 516 g/mol. The SMILES string of the molecule is CC(C)(C)C(=O)OC[C@@H](N)[C@@H]1O[C@@H](OC(=O)C(C)(C)C)[C@H](OC(=O)C(C)(C)C)[C@H]1OC(=O)C(C)(C)C. The summed E-state index contributed by atoms with van der Waals surface area (Å²) in [6.07, 6.45) is -5.00. The number of hydrogen-bond donors (Lipinski definition) is 1. The van der Waals surface area contributed by atoms with Crippen molar-refractivity contribution in [1.82, 2.24) is 0 Å². The van der Waals surface area contributed by atoms with Crippen molar-refractivity contribution in [3.05, 3.63) is 0 Å². The van der Waals surface area contributed by atoms with Crippen molar-refractivity contribution in [1.29, 1.82) is 0 Å². The quantitative estimate of drug-likeness (QED) is 0.414. The molecule has 0 spiro atoms. The van der Waals surface area contributed by atoms with Crippen LogP contribution in [0.15, 0.2) is 0 Å². The number of carbonyl (C=O) groups is 4. The molecule has 5 atom stereocenters. The second-order valence-electron chi connectivity index (χ2n) is 13.4. The molecule has 1 fully saturated rings. The lowest BCUT2D eigenvalue weighted by molar-refractivity contribution is -0.207. The van der Waals surface area contributed by atoms with E-state index in [1.807, 2.05) is 0 Å². The summed E-state index contributed by atoms with van der Waals surface area (Å²) in [5.41, 5.74) is 2.88. The number of nitrogens with two attached hydrogens (primary N) is 1. The second-order valence-corrected chi connectivity index (χ2v) is 13.4. The van der Waals surface area contributed by atoms with Crippen LogP contribution in [0.3, 0.4) is 0 Å². The van der Waals surface area contributed by atoms with E-state index in [0.717, 1.165) is 0 Å². The molecule has 0 saturated carbocycles. The lowest BCUT2D eigenvalue weighted by Crippen LogP contribution is -2.51. The maximum Gasteiger partial charge on any atom is 0.313 e. The third kappa shape index (κ3) is 8.73. The van der Waals surface area contributed by atoms with Crippen molar-refractivity contribution in [3.8, 4) is 0 Å². The normalized spacial score (nSPS) is 24.0. The largest absolute Gasteiger partial charge is 0.464 e. The summed E-state index contributed by atoms with van der Waals surface area (Å²) in [4.78, 5) is 50.6. The number of ether oxygens (including phenoxy) is 5. The van der Waals surface area contributed by atoms with Gasteiger partial charge in [-0.2, -0.15) is 0 Å². The molecular weight excluding hydrogens is 470 g/mol. The van der Waals surface area contributed by atoms with Crippen LogP contribution in [0.1, 0.15) is 83.1 Å². The van der Waals surface area contributed by atoms with E-state index >= 15 is 0 Å². The van der Waals surface area contributed by atoms with Crippen LogP contribution in [-0.4, -0.2) is 61.1 Å². The van der Waals surface area contributed by atoms with E-state index in [1.54, 1.807) is 83.1 Å². The summed E-state index contributed by atoms with van der Waals surface area (Å²) in [6.45, 7) is 19.8. The standard InChI is InChI=1S/C26H45NO9/c1-23(2,3)19(28)32-13-14(27)15-16(34-20(29)24(4,5)6)17(35-21(30)25(7,8)9)18(33-15)36-22(31)26(10,11)12/h14-18H,13,27H2,1-12H3/t14-,15+,16+,17-,18+/m1/s1. The number of rotatable bonds is 6. The molecular formula is C26H45NO9. The Morgan fingerprint density at radius 3 is 1.39 bits per heavy atom. The molecule has 0 aromatic heterocycles. The summed E-state index contributed by atoms with van der Waals surface area (Å²) < 4.78 is 28.3.